The number of amides is 1. The first-order valence-corrected chi connectivity index (χ1v) is 12.2. The number of carbonyl (C=O) groups excluding carboxylic acids is 1. The highest BCUT2D eigenvalue weighted by atomic mass is 32.2. The van der Waals surface area contributed by atoms with Gasteiger partial charge in [0.2, 0.25) is 15.9 Å². The predicted octanol–water partition coefficient (Wildman–Crippen LogP) is 2.26. The van der Waals surface area contributed by atoms with Crippen LogP contribution in [0, 0.1) is 0 Å². The zero-order chi connectivity index (χ0) is 20.7. The summed E-state index contributed by atoms with van der Waals surface area (Å²) in [5.41, 5.74) is 0.362. The molecule has 10 heteroatoms. The van der Waals surface area contributed by atoms with Gasteiger partial charge >= 0.3 is 0 Å². The molecule has 29 heavy (non-hydrogen) atoms. The van der Waals surface area contributed by atoms with Gasteiger partial charge in [-0.2, -0.15) is 11.8 Å². The molecule has 1 aliphatic heterocycles. The Morgan fingerprint density at radius 3 is 2.72 bits per heavy atom. The maximum atomic E-state index is 12.3. The number of thioether (sulfide) groups is 1. The highest BCUT2D eigenvalue weighted by Crippen LogP contribution is 2.34. The summed E-state index contributed by atoms with van der Waals surface area (Å²) < 4.78 is 41.7. The van der Waals surface area contributed by atoms with Crippen LogP contribution in [0.15, 0.2) is 41.0 Å². The Morgan fingerprint density at radius 2 is 2.00 bits per heavy atom. The van der Waals surface area contributed by atoms with E-state index in [-0.39, 0.29) is 12.5 Å². The largest absolute Gasteiger partial charge is 0.486 e. The van der Waals surface area contributed by atoms with Crippen molar-refractivity contribution >= 4 is 33.4 Å². The van der Waals surface area contributed by atoms with E-state index in [9.17, 15) is 13.2 Å². The molecule has 0 saturated heterocycles. The third kappa shape index (κ3) is 6.33. The van der Waals surface area contributed by atoms with Gasteiger partial charge < -0.3 is 19.2 Å². The number of anilines is 1. The van der Waals surface area contributed by atoms with E-state index in [1.807, 2.05) is 12.1 Å². The minimum Gasteiger partial charge on any atom is -0.486 e. The van der Waals surface area contributed by atoms with Gasteiger partial charge in [0.25, 0.3) is 0 Å². The lowest BCUT2D eigenvalue weighted by Crippen LogP contribution is -2.40. The third-order valence-corrected chi connectivity index (χ3v) is 6.32. The highest BCUT2D eigenvalue weighted by Gasteiger charge is 2.23. The minimum absolute atomic E-state index is 0.294. The van der Waals surface area contributed by atoms with Crippen LogP contribution in [0.2, 0.25) is 0 Å². The van der Waals surface area contributed by atoms with Crippen LogP contribution < -0.4 is 19.1 Å². The van der Waals surface area contributed by atoms with Gasteiger partial charge in [-0.15, -0.1) is 0 Å². The molecule has 0 radical (unpaired) electrons. The normalized spacial score (nSPS) is 13.1. The number of furan rings is 1. The second-order valence-electron chi connectivity index (χ2n) is 6.43. The first kappa shape index (κ1) is 21.4. The summed E-state index contributed by atoms with van der Waals surface area (Å²) in [7, 11) is -3.64. The fourth-order valence-corrected chi connectivity index (χ4v) is 4.45. The maximum Gasteiger partial charge on any atom is 0.240 e. The number of fused-ring (bicyclic) bond motifs is 1. The van der Waals surface area contributed by atoms with Gasteiger partial charge in [-0.3, -0.25) is 9.10 Å². The van der Waals surface area contributed by atoms with Crippen LogP contribution in [0.3, 0.4) is 0 Å². The molecule has 1 aromatic carbocycles. The van der Waals surface area contributed by atoms with Crippen molar-refractivity contribution in [3.63, 3.8) is 0 Å². The molecular weight excluding hydrogens is 416 g/mol. The van der Waals surface area contributed by atoms with Crippen molar-refractivity contribution < 1.29 is 27.1 Å². The molecule has 0 atom stereocenters. The van der Waals surface area contributed by atoms with E-state index < -0.39 is 10.0 Å². The summed E-state index contributed by atoms with van der Waals surface area (Å²) in [6.45, 7) is 1.03. The fraction of sp³-hybridized carbons (Fsp3) is 0.421. The molecule has 0 bridgehead atoms. The number of hydrogen-bond acceptors (Lipinski definition) is 7. The average Bonchev–Trinajstić information content (AvgIpc) is 3.21. The molecule has 8 nitrogen and oxygen atoms in total. The SMILES string of the molecule is CS(=O)(=O)N(CC(=O)NCCCSCc1ccco1)c1ccc2c(c1)OCCO2. The molecule has 158 valence electrons. The van der Waals surface area contributed by atoms with Crippen molar-refractivity contribution in [2.45, 2.75) is 12.2 Å². The number of carbonyl (C=O) groups is 1. The van der Waals surface area contributed by atoms with E-state index >= 15 is 0 Å². The molecule has 1 aromatic heterocycles. The molecule has 0 spiro atoms. The average molecular weight is 441 g/mol. The number of nitrogens with one attached hydrogen (secondary N) is 1. The number of sulfonamides is 1. The Labute approximate surface area is 174 Å². The van der Waals surface area contributed by atoms with Crippen LogP contribution in [0.5, 0.6) is 11.5 Å². The summed E-state index contributed by atoms with van der Waals surface area (Å²) in [5.74, 6) is 3.23. The quantitative estimate of drug-likeness (QED) is 0.566. The van der Waals surface area contributed by atoms with Crippen LogP contribution in [0.25, 0.3) is 0 Å². The lowest BCUT2D eigenvalue weighted by Gasteiger charge is -2.24. The first-order chi connectivity index (χ1) is 13.9. The molecule has 1 amide bonds. The van der Waals surface area contributed by atoms with Gasteiger partial charge in [0.15, 0.2) is 11.5 Å². The van der Waals surface area contributed by atoms with Gasteiger partial charge in [0.1, 0.15) is 25.5 Å². The van der Waals surface area contributed by atoms with Crippen molar-refractivity contribution in [3.8, 4) is 11.5 Å². The number of ether oxygens (including phenoxy) is 2. The van der Waals surface area contributed by atoms with Crippen molar-refractivity contribution in [2.24, 2.45) is 0 Å². The van der Waals surface area contributed by atoms with Crippen molar-refractivity contribution in [1.82, 2.24) is 5.32 Å². The van der Waals surface area contributed by atoms with Gasteiger partial charge in [-0.25, -0.2) is 8.42 Å². The molecule has 0 fully saturated rings. The summed E-state index contributed by atoms with van der Waals surface area (Å²) in [6.07, 6.45) is 3.49. The van der Waals surface area contributed by atoms with E-state index in [0.29, 0.717) is 36.9 Å². The standard InChI is InChI=1S/C19H24N2O6S2/c1-29(23,24)21(15-5-6-17-18(12-15)27-10-9-26-17)13-19(22)20-7-3-11-28-14-16-4-2-8-25-16/h2,4-6,8,12H,3,7,9-11,13-14H2,1H3,(H,20,22). The Hall–Kier alpha value is -2.33. The fourth-order valence-electron chi connectivity index (χ4n) is 2.74. The minimum atomic E-state index is -3.64. The van der Waals surface area contributed by atoms with Crippen LogP contribution in [-0.2, 0) is 20.6 Å². The van der Waals surface area contributed by atoms with Gasteiger partial charge in [0, 0.05) is 12.6 Å². The topological polar surface area (TPSA) is 98.1 Å². The molecule has 2 aromatic rings. The Bertz CT molecular complexity index is 915. The summed E-state index contributed by atoms with van der Waals surface area (Å²) in [5, 5.41) is 2.77. The lowest BCUT2D eigenvalue weighted by molar-refractivity contribution is -0.119. The van der Waals surface area contributed by atoms with Gasteiger partial charge in [0.05, 0.1) is 24.0 Å². The van der Waals surface area contributed by atoms with E-state index in [1.54, 1.807) is 36.2 Å². The lowest BCUT2D eigenvalue weighted by atomic mass is 10.2. The number of nitrogens with zero attached hydrogens (tertiary/aromatic N) is 1. The van der Waals surface area contributed by atoms with Crippen LogP contribution in [0.1, 0.15) is 12.2 Å². The molecule has 0 aliphatic carbocycles. The Kier molecular flexibility index (Phi) is 7.32. The van der Waals surface area contributed by atoms with E-state index in [4.69, 9.17) is 13.9 Å². The Balaban J connectivity index is 1.49. The molecular formula is C19H24N2O6S2. The van der Waals surface area contributed by atoms with Gasteiger partial charge in [-0.1, -0.05) is 0 Å². The van der Waals surface area contributed by atoms with Crippen molar-refractivity contribution in [2.75, 3.05) is 42.6 Å². The van der Waals surface area contributed by atoms with Crippen LogP contribution >= 0.6 is 11.8 Å². The monoisotopic (exact) mass is 440 g/mol. The summed E-state index contributed by atoms with van der Waals surface area (Å²) in [6, 6.07) is 8.61. The highest BCUT2D eigenvalue weighted by molar-refractivity contribution is 7.98. The zero-order valence-corrected chi connectivity index (χ0v) is 17.8. The van der Waals surface area contributed by atoms with Crippen molar-refractivity contribution in [3.05, 3.63) is 42.4 Å². The van der Waals surface area contributed by atoms with Crippen LogP contribution in [-0.4, -0.2) is 52.6 Å². The Morgan fingerprint density at radius 1 is 1.21 bits per heavy atom. The molecule has 3 rings (SSSR count). The van der Waals surface area contributed by atoms with E-state index in [0.717, 1.165) is 34.2 Å². The smallest absolute Gasteiger partial charge is 0.240 e. The van der Waals surface area contributed by atoms with Crippen LogP contribution in [0.4, 0.5) is 5.69 Å². The number of hydrogen-bond donors (Lipinski definition) is 1. The third-order valence-electron chi connectivity index (χ3n) is 4.11. The summed E-state index contributed by atoms with van der Waals surface area (Å²) >= 11 is 1.71. The molecule has 0 saturated carbocycles. The van der Waals surface area contributed by atoms with Crippen molar-refractivity contribution in [1.29, 1.82) is 0 Å². The maximum absolute atomic E-state index is 12.3. The van der Waals surface area contributed by atoms with E-state index in [2.05, 4.69) is 5.32 Å². The van der Waals surface area contributed by atoms with E-state index in [1.165, 1.54) is 0 Å². The zero-order valence-electron chi connectivity index (χ0n) is 16.1. The second kappa shape index (κ2) is 9.93. The second-order valence-corrected chi connectivity index (χ2v) is 9.45. The molecule has 2 heterocycles. The predicted molar refractivity (Wildman–Crippen MR) is 112 cm³/mol. The first-order valence-electron chi connectivity index (χ1n) is 9.17. The molecule has 0 unspecified atom stereocenters. The summed E-state index contributed by atoms with van der Waals surface area (Å²) in [4.78, 5) is 12.3. The molecule has 1 N–H and O–H groups in total. The molecule has 1 aliphatic rings. The number of benzene rings is 1. The van der Waals surface area contributed by atoms with Gasteiger partial charge in [-0.05, 0) is 36.4 Å². The number of rotatable bonds is 10.